The lowest BCUT2D eigenvalue weighted by Gasteiger charge is -2.46. The molecular weight excluding hydrogens is 264 g/mol. The van der Waals surface area contributed by atoms with E-state index in [1.165, 1.54) is 24.1 Å². The number of hydrogen-bond acceptors (Lipinski definition) is 4. The normalized spacial score (nSPS) is 21.7. The molecule has 2 aliphatic carbocycles. The summed E-state index contributed by atoms with van der Waals surface area (Å²) < 4.78 is 0. The molecule has 4 rings (SSSR count). The van der Waals surface area contributed by atoms with Crippen molar-refractivity contribution in [3.63, 3.8) is 0 Å². The summed E-state index contributed by atoms with van der Waals surface area (Å²) in [5, 5.41) is 8.69. The van der Waals surface area contributed by atoms with E-state index >= 15 is 0 Å². The maximum absolute atomic E-state index is 12.2. The van der Waals surface area contributed by atoms with Crippen LogP contribution in [0.3, 0.4) is 0 Å². The quantitative estimate of drug-likeness (QED) is 0.843. The number of aromatic nitrogens is 2. The molecule has 112 valence electrons. The highest BCUT2D eigenvalue weighted by Crippen LogP contribution is 2.31. The van der Waals surface area contributed by atoms with Crippen LogP contribution in [0, 0.1) is 5.92 Å². The number of amides is 1. The second kappa shape index (κ2) is 4.97. The van der Waals surface area contributed by atoms with Gasteiger partial charge < -0.3 is 9.80 Å². The number of rotatable bonds is 3. The largest absolute Gasteiger partial charge is 0.351 e. The third-order valence-corrected chi connectivity index (χ3v) is 5.34. The van der Waals surface area contributed by atoms with E-state index in [1.54, 1.807) is 0 Å². The Hall–Kier alpha value is -1.65. The predicted octanol–water partition coefficient (Wildman–Crippen LogP) is 1.41. The number of hydrogen-bond donors (Lipinski definition) is 0. The lowest BCUT2D eigenvalue weighted by Crippen LogP contribution is -2.61. The van der Waals surface area contributed by atoms with Gasteiger partial charge in [0.15, 0.2) is 5.82 Å². The zero-order valence-corrected chi connectivity index (χ0v) is 12.6. The number of nitrogens with zero attached hydrogens (tertiary/aromatic N) is 4. The summed E-state index contributed by atoms with van der Waals surface area (Å²) in [6.45, 7) is 1.78. The van der Waals surface area contributed by atoms with E-state index in [4.69, 9.17) is 0 Å². The molecule has 1 amide bonds. The molecular formula is C16H22N4O. The van der Waals surface area contributed by atoms with Crippen LogP contribution in [0.2, 0.25) is 0 Å². The number of anilines is 1. The van der Waals surface area contributed by atoms with Gasteiger partial charge in [0.25, 0.3) is 0 Å². The van der Waals surface area contributed by atoms with E-state index in [1.807, 2.05) is 11.9 Å². The Labute approximate surface area is 125 Å². The molecule has 2 heterocycles. The molecule has 5 nitrogen and oxygen atoms in total. The molecule has 1 aromatic heterocycles. The summed E-state index contributed by atoms with van der Waals surface area (Å²) >= 11 is 0. The van der Waals surface area contributed by atoms with Gasteiger partial charge in [-0.05, 0) is 43.7 Å². The first-order valence-electron chi connectivity index (χ1n) is 8.09. The standard InChI is InChI=1S/C16H22N4O/c1-19(16(21)11-4-2-5-11)13-9-20(10-13)15-8-12-6-3-7-14(12)17-18-15/h8,11,13H,2-7,9-10H2,1H3. The molecule has 0 bridgehead atoms. The predicted molar refractivity (Wildman–Crippen MR) is 80.2 cm³/mol. The first-order valence-corrected chi connectivity index (χ1v) is 8.09. The Bertz CT molecular complexity index is 563. The molecule has 5 heteroatoms. The van der Waals surface area contributed by atoms with Gasteiger partial charge in [0.2, 0.25) is 5.91 Å². The first kappa shape index (κ1) is 13.0. The van der Waals surface area contributed by atoms with Gasteiger partial charge in [-0.15, -0.1) is 5.10 Å². The fraction of sp³-hybridized carbons (Fsp3) is 0.688. The van der Waals surface area contributed by atoms with Crippen molar-refractivity contribution < 1.29 is 4.79 Å². The zero-order chi connectivity index (χ0) is 14.4. The van der Waals surface area contributed by atoms with Crippen molar-refractivity contribution in [1.29, 1.82) is 0 Å². The molecule has 0 unspecified atom stereocenters. The van der Waals surface area contributed by atoms with Crippen molar-refractivity contribution in [1.82, 2.24) is 15.1 Å². The van der Waals surface area contributed by atoms with Crippen LogP contribution >= 0.6 is 0 Å². The van der Waals surface area contributed by atoms with Gasteiger partial charge in [0, 0.05) is 26.1 Å². The Balaban J connectivity index is 1.37. The number of carbonyl (C=O) groups excluding carboxylic acids is 1. The molecule has 0 radical (unpaired) electrons. The van der Waals surface area contributed by atoms with Crippen molar-refractivity contribution in [2.24, 2.45) is 5.92 Å². The first-order chi connectivity index (χ1) is 10.2. The second-order valence-corrected chi connectivity index (χ2v) is 6.66. The van der Waals surface area contributed by atoms with E-state index in [-0.39, 0.29) is 0 Å². The van der Waals surface area contributed by atoms with Gasteiger partial charge >= 0.3 is 0 Å². The van der Waals surface area contributed by atoms with Crippen LogP contribution in [0.1, 0.15) is 36.9 Å². The molecule has 1 saturated carbocycles. The van der Waals surface area contributed by atoms with Crippen LogP contribution in [-0.4, -0.2) is 47.2 Å². The van der Waals surface area contributed by atoms with Crippen molar-refractivity contribution in [2.75, 3.05) is 25.0 Å². The summed E-state index contributed by atoms with van der Waals surface area (Å²) in [5.41, 5.74) is 2.54. The lowest BCUT2D eigenvalue weighted by atomic mass is 9.84. The zero-order valence-electron chi connectivity index (χ0n) is 12.6. The summed E-state index contributed by atoms with van der Waals surface area (Å²) in [4.78, 5) is 16.4. The van der Waals surface area contributed by atoms with Gasteiger partial charge in [-0.3, -0.25) is 4.79 Å². The van der Waals surface area contributed by atoms with Crippen LogP contribution in [0.4, 0.5) is 5.82 Å². The van der Waals surface area contributed by atoms with Gasteiger partial charge in [0.1, 0.15) is 0 Å². The molecule has 1 aromatic rings. The van der Waals surface area contributed by atoms with Crippen LogP contribution < -0.4 is 4.90 Å². The molecule has 0 aromatic carbocycles. The SMILES string of the molecule is CN(C(=O)C1CCC1)C1CN(c2cc3c(nn2)CCC3)C1. The highest BCUT2D eigenvalue weighted by molar-refractivity contribution is 5.80. The van der Waals surface area contributed by atoms with E-state index in [0.717, 1.165) is 44.6 Å². The lowest BCUT2D eigenvalue weighted by molar-refractivity contribution is -0.139. The summed E-state index contributed by atoms with van der Waals surface area (Å²) in [7, 11) is 1.96. The topological polar surface area (TPSA) is 49.3 Å². The van der Waals surface area contributed by atoms with Gasteiger partial charge in [-0.1, -0.05) is 6.42 Å². The molecule has 1 aliphatic heterocycles. The van der Waals surface area contributed by atoms with Crippen LogP contribution in [0.25, 0.3) is 0 Å². The fourth-order valence-corrected chi connectivity index (χ4v) is 3.48. The number of aryl methyl sites for hydroxylation is 2. The Morgan fingerprint density at radius 1 is 1.24 bits per heavy atom. The van der Waals surface area contributed by atoms with Crippen molar-refractivity contribution in [2.45, 2.75) is 44.6 Å². The van der Waals surface area contributed by atoms with E-state index in [2.05, 4.69) is 21.2 Å². The molecule has 0 spiro atoms. The monoisotopic (exact) mass is 286 g/mol. The molecule has 0 atom stereocenters. The Morgan fingerprint density at radius 3 is 2.76 bits per heavy atom. The number of carbonyl (C=O) groups is 1. The Morgan fingerprint density at radius 2 is 2.05 bits per heavy atom. The summed E-state index contributed by atoms with van der Waals surface area (Å²) in [5.74, 6) is 1.62. The fourth-order valence-electron chi connectivity index (χ4n) is 3.48. The van der Waals surface area contributed by atoms with Gasteiger partial charge in [-0.25, -0.2) is 0 Å². The number of likely N-dealkylation sites (N-methyl/N-ethyl adjacent to an activating group) is 1. The minimum Gasteiger partial charge on any atom is -0.351 e. The molecule has 1 saturated heterocycles. The third kappa shape index (κ3) is 2.19. The van der Waals surface area contributed by atoms with Crippen molar-refractivity contribution in [3.05, 3.63) is 17.3 Å². The van der Waals surface area contributed by atoms with Crippen molar-refractivity contribution in [3.8, 4) is 0 Å². The van der Waals surface area contributed by atoms with Crippen molar-refractivity contribution >= 4 is 11.7 Å². The average Bonchev–Trinajstić information content (AvgIpc) is 2.82. The highest BCUT2D eigenvalue weighted by Gasteiger charge is 2.37. The minimum atomic E-state index is 0.295. The summed E-state index contributed by atoms with van der Waals surface area (Å²) in [6, 6.07) is 2.53. The third-order valence-electron chi connectivity index (χ3n) is 5.34. The second-order valence-electron chi connectivity index (χ2n) is 6.66. The summed E-state index contributed by atoms with van der Waals surface area (Å²) in [6.07, 6.45) is 6.78. The van der Waals surface area contributed by atoms with Crippen LogP contribution in [-0.2, 0) is 17.6 Å². The van der Waals surface area contributed by atoms with E-state index < -0.39 is 0 Å². The van der Waals surface area contributed by atoms with Gasteiger partial charge in [-0.2, -0.15) is 5.10 Å². The van der Waals surface area contributed by atoms with E-state index in [0.29, 0.717) is 17.9 Å². The maximum Gasteiger partial charge on any atom is 0.225 e. The van der Waals surface area contributed by atoms with Gasteiger partial charge in [0.05, 0.1) is 11.7 Å². The number of fused-ring (bicyclic) bond motifs is 1. The van der Waals surface area contributed by atoms with Crippen LogP contribution in [0.5, 0.6) is 0 Å². The maximum atomic E-state index is 12.2. The van der Waals surface area contributed by atoms with E-state index in [9.17, 15) is 4.79 Å². The Kier molecular flexibility index (Phi) is 3.08. The highest BCUT2D eigenvalue weighted by atomic mass is 16.2. The molecule has 21 heavy (non-hydrogen) atoms. The average molecular weight is 286 g/mol. The minimum absolute atomic E-state index is 0.295. The molecule has 3 aliphatic rings. The smallest absolute Gasteiger partial charge is 0.225 e. The van der Waals surface area contributed by atoms with Crippen LogP contribution in [0.15, 0.2) is 6.07 Å². The molecule has 0 N–H and O–H groups in total. The molecule has 2 fully saturated rings.